The Bertz CT molecular complexity index is 296. The van der Waals surface area contributed by atoms with Gasteiger partial charge in [-0.25, -0.2) is 0 Å². The summed E-state index contributed by atoms with van der Waals surface area (Å²) >= 11 is 7.98. The molecule has 86 valence electrons. The van der Waals surface area contributed by atoms with Crippen molar-refractivity contribution in [2.24, 2.45) is 11.3 Å². The van der Waals surface area contributed by atoms with Crippen molar-refractivity contribution in [3.8, 4) is 0 Å². The zero-order chi connectivity index (χ0) is 11.5. The van der Waals surface area contributed by atoms with E-state index in [-0.39, 0.29) is 0 Å². The van der Waals surface area contributed by atoms with Crippen LogP contribution in [0.2, 0.25) is 0 Å². The van der Waals surface area contributed by atoms with Crippen LogP contribution < -0.4 is 0 Å². The summed E-state index contributed by atoms with van der Waals surface area (Å²) < 4.78 is 0. The van der Waals surface area contributed by atoms with Gasteiger partial charge in [0.2, 0.25) is 0 Å². The Morgan fingerprint density at radius 2 is 1.87 bits per heavy atom. The highest BCUT2D eigenvalue weighted by Crippen LogP contribution is 2.32. The van der Waals surface area contributed by atoms with Crippen LogP contribution in [0, 0.1) is 11.3 Å². The predicted molar refractivity (Wildman–Crippen MR) is 71.1 cm³/mol. The molecule has 0 saturated heterocycles. The van der Waals surface area contributed by atoms with Gasteiger partial charge in [-0.3, -0.25) is 0 Å². The second-order valence-electron chi connectivity index (χ2n) is 5.14. The van der Waals surface area contributed by atoms with Crippen LogP contribution in [0.4, 0.5) is 0 Å². The lowest BCUT2D eigenvalue weighted by Crippen LogP contribution is -2.23. The number of rotatable bonds is 4. The highest BCUT2D eigenvalue weighted by atomic mass is 35.5. The van der Waals surface area contributed by atoms with Gasteiger partial charge in [-0.2, -0.15) is 0 Å². The average molecular weight is 245 g/mol. The van der Waals surface area contributed by atoms with E-state index in [0.717, 1.165) is 18.7 Å². The van der Waals surface area contributed by atoms with Crippen LogP contribution in [0.5, 0.6) is 0 Å². The maximum absolute atomic E-state index is 6.05. The van der Waals surface area contributed by atoms with Crippen molar-refractivity contribution in [3.63, 3.8) is 0 Å². The molecule has 1 atom stereocenters. The van der Waals surface area contributed by atoms with Crippen molar-refractivity contribution in [2.45, 2.75) is 40.5 Å². The lowest BCUT2D eigenvalue weighted by molar-refractivity contribution is 0.265. The van der Waals surface area contributed by atoms with Gasteiger partial charge in [0.05, 0.1) is 0 Å². The second kappa shape index (κ2) is 5.36. The van der Waals surface area contributed by atoms with Crippen molar-refractivity contribution >= 4 is 22.9 Å². The third-order valence-electron chi connectivity index (χ3n) is 2.92. The van der Waals surface area contributed by atoms with Crippen molar-refractivity contribution < 1.29 is 0 Å². The minimum Gasteiger partial charge on any atom is -0.145 e. The topological polar surface area (TPSA) is 0 Å². The zero-order valence-corrected chi connectivity index (χ0v) is 11.7. The maximum atomic E-state index is 6.05. The maximum Gasteiger partial charge on any atom is 0.0260 e. The van der Waals surface area contributed by atoms with Crippen molar-refractivity contribution in [2.75, 3.05) is 5.88 Å². The van der Waals surface area contributed by atoms with Gasteiger partial charge < -0.3 is 0 Å². The minimum absolute atomic E-state index is 0.304. The van der Waals surface area contributed by atoms with Crippen LogP contribution in [0.1, 0.15) is 37.4 Å². The van der Waals surface area contributed by atoms with Gasteiger partial charge in [-0.1, -0.05) is 27.7 Å². The molecule has 0 amide bonds. The van der Waals surface area contributed by atoms with Crippen LogP contribution in [-0.4, -0.2) is 5.88 Å². The van der Waals surface area contributed by atoms with E-state index >= 15 is 0 Å². The van der Waals surface area contributed by atoms with E-state index in [2.05, 4.69) is 39.8 Å². The van der Waals surface area contributed by atoms with Crippen LogP contribution in [0.25, 0.3) is 0 Å². The summed E-state index contributed by atoms with van der Waals surface area (Å²) in [6.07, 6.45) is 2.27. The average Bonchev–Trinajstić information content (AvgIpc) is 2.59. The molecule has 2 heteroatoms. The van der Waals surface area contributed by atoms with E-state index in [9.17, 15) is 0 Å². The van der Waals surface area contributed by atoms with Crippen LogP contribution in [-0.2, 0) is 12.8 Å². The number of alkyl halides is 1. The molecule has 1 aromatic heterocycles. The number of aryl methyl sites for hydroxylation is 1. The van der Waals surface area contributed by atoms with Gasteiger partial charge in [0, 0.05) is 15.6 Å². The van der Waals surface area contributed by atoms with E-state index in [1.807, 2.05) is 11.3 Å². The van der Waals surface area contributed by atoms with Crippen LogP contribution in [0.15, 0.2) is 12.1 Å². The molecule has 0 N–H and O–H groups in total. The molecule has 1 unspecified atom stereocenters. The second-order valence-corrected chi connectivity index (χ2v) is 6.70. The number of hydrogen-bond donors (Lipinski definition) is 0. The molecule has 1 heterocycles. The highest BCUT2D eigenvalue weighted by Gasteiger charge is 2.24. The molecule has 0 fully saturated rings. The van der Waals surface area contributed by atoms with Gasteiger partial charge in [-0.15, -0.1) is 22.9 Å². The third-order valence-corrected chi connectivity index (χ3v) is 4.55. The zero-order valence-electron chi connectivity index (χ0n) is 10.1. The summed E-state index contributed by atoms with van der Waals surface area (Å²) in [6, 6.07) is 4.50. The minimum atomic E-state index is 0.304. The Hall–Kier alpha value is -0.0100. The first kappa shape index (κ1) is 13.1. The van der Waals surface area contributed by atoms with Gasteiger partial charge >= 0.3 is 0 Å². The summed E-state index contributed by atoms with van der Waals surface area (Å²) in [5, 5.41) is 0. The molecule has 0 bridgehead atoms. The Labute approximate surface area is 103 Å². The normalized spacial score (nSPS) is 14.2. The molecule has 0 radical (unpaired) electrons. The third kappa shape index (κ3) is 3.81. The van der Waals surface area contributed by atoms with E-state index in [4.69, 9.17) is 11.6 Å². The van der Waals surface area contributed by atoms with E-state index in [1.54, 1.807) is 0 Å². The standard InChI is InChI=1S/C13H21ClS/c1-5-11-6-7-12(15-11)8-10(9-14)13(2,3)4/h6-7,10H,5,8-9H2,1-4H3. The fourth-order valence-corrected chi connectivity index (χ4v) is 3.17. The SMILES string of the molecule is CCc1ccc(CC(CCl)C(C)(C)C)s1. The monoisotopic (exact) mass is 244 g/mol. The number of hydrogen-bond acceptors (Lipinski definition) is 1. The first-order valence-electron chi connectivity index (χ1n) is 5.61. The van der Waals surface area contributed by atoms with Gasteiger partial charge in [0.15, 0.2) is 0 Å². The highest BCUT2D eigenvalue weighted by molar-refractivity contribution is 7.11. The molecule has 1 rings (SSSR count). The molecule has 1 aromatic rings. The molecule has 15 heavy (non-hydrogen) atoms. The summed E-state index contributed by atoms with van der Waals surface area (Å²) in [7, 11) is 0. The molecular formula is C13H21ClS. The number of thiophene rings is 1. The molecule has 0 nitrogen and oxygen atoms in total. The summed E-state index contributed by atoms with van der Waals surface area (Å²) in [5.74, 6) is 1.32. The fraction of sp³-hybridized carbons (Fsp3) is 0.692. The number of halogens is 1. The molecule has 0 aliphatic carbocycles. The largest absolute Gasteiger partial charge is 0.145 e. The van der Waals surface area contributed by atoms with E-state index < -0.39 is 0 Å². The Balaban J connectivity index is 2.67. The van der Waals surface area contributed by atoms with Crippen molar-refractivity contribution in [1.82, 2.24) is 0 Å². The quantitative estimate of drug-likeness (QED) is 0.671. The van der Waals surface area contributed by atoms with Crippen LogP contribution in [0.3, 0.4) is 0 Å². The smallest absolute Gasteiger partial charge is 0.0260 e. The van der Waals surface area contributed by atoms with Gasteiger partial charge in [0.1, 0.15) is 0 Å². The summed E-state index contributed by atoms with van der Waals surface area (Å²) in [5.41, 5.74) is 0.304. The summed E-state index contributed by atoms with van der Waals surface area (Å²) in [6.45, 7) is 9.02. The Morgan fingerprint density at radius 1 is 1.27 bits per heavy atom. The van der Waals surface area contributed by atoms with Gasteiger partial charge in [-0.05, 0) is 36.3 Å². The molecule has 0 spiro atoms. The fourth-order valence-electron chi connectivity index (χ4n) is 1.56. The molecule has 0 aliphatic rings. The summed E-state index contributed by atoms with van der Waals surface area (Å²) in [4.78, 5) is 2.96. The predicted octanol–water partition coefficient (Wildman–Crippen LogP) is 4.75. The van der Waals surface area contributed by atoms with Crippen molar-refractivity contribution in [1.29, 1.82) is 0 Å². The van der Waals surface area contributed by atoms with E-state index in [1.165, 1.54) is 9.75 Å². The first-order valence-corrected chi connectivity index (χ1v) is 6.96. The lowest BCUT2D eigenvalue weighted by Gasteiger charge is -2.28. The van der Waals surface area contributed by atoms with Crippen LogP contribution >= 0.6 is 22.9 Å². The molecular weight excluding hydrogens is 224 g/mol. The van der Waals surface area contributed by atoms with Gasteiger partial charge in [0.25, 0.3) is 0 Å². The molecule has 0 aromatic carbocycles. The molecule has 0 saturated carbocycles. The first-order chi connectivity index (χ1) is 6.97. The Morgan fingerprint density at radius 3 is 2.27 bits per heavy atom. The van der Waals surface area contributed by atoms with Crippen molar-refractivity contribution in [3.05, 3.63) is 21.9 Å². The molecule has 0 aliphatic heterocycles. The lowest BCUT2D eigenvalue weighted by atomic mass is 9.80. The Kier molecular flexibility index (Phi) is 4.66. The van der Waals surface area contributed by atoms with E-state index in [0.29, 0.717) is 11.3 Å².